The fourth-order valence-corrected chi connectivity index (χ4v) is 3.61. The molecule has 100 valence electrons. The van der Waals surface area contributed by atoms with Crippen molar-refractivity contribution >= 4 is 16.0 Å². The first-order chi connectivity index (χ1) is 7.97. The van der Waals surface area contributed by atoms with Crippen molar-refractivity contribution in [3.05, 3.63) is 0 Å². The number of hydrogen-bond donors (Lipinski definition) is 1. The van der Waals surface area contributed by atoms with Crippen LogP contribution in [0.3, 0.4) is 0 Å². The molecule has 0 bridgehead atoms. The molecule has 1 rings (SSSR count). The van der Waals surface area contributed by atoms with Gasteiger partial charge in [0.25, 0.3) is 0 Å². The van der Waals surface area contributed by atoms with Gasteiger partial charge in [-0.25, -0.2) is 8.42 Å². The Labute approximate surface area is 102 Å². The van der Waals surface area contributed by atoms with Crippen LogP contribution >= 0.6 is 0 Å². The Morgan fingerprint density at radius 1 is 1.53 bits per heavy atom. The van der Waals surface area contributed by atoms with E-state index in [4.69, 9.17) is 9.84 Å². The van der Waals surface area contributed by atoms with Gasteiger partial charge in [-0.3, -0.25) is 4.79 Å². The maximum absolute atomic E-state index is 12.0. The Morgan fingerprint density at radius 3 is 2.82 bits per heavy atom. The molecule has 1 saturated heterocycles. The van der Waals surface area contributed by atoms with Gasteiger partial charge in [0.15, 0.2) is 0 Å². The highest BCUT2D eigenvalue weighted by Crippen LogP contribution is 2.23. The van der Waals surface area contributed by atoms with Gasteiger partial charge >= 0.3 is 5.97 Å². The van der Waals surface area contributed by atoms with Crippen molar-refractivity contribution in [2.45, 2.75) is 32.2 Å². The first kappa shape index (κ1) is 14.4. The summed E-state index contributed by atoms with van der Waals surface area (Å²) in [5, 5.41) is 8.73. The van der Waals surface area contributed by atoms with E-state index in [1.165, 1.54) is 4.31 Å². The van der Waals surface area contributed by atoms with Crippen LogP contribution < -0.4 is 0 Å². The third-order valence-electron chi connectivity index (χ3n) is 2.78. The molecule has 1 heterocycles. The van der Waals surface area contributed by atoms with Crippen molar-refractivity contribution in [1.82, 2.24) is 4.31 Å². The van der Waals surface area contributed by atoms with Crippen LogP contribution in [-0.4, -0.2) is 55.4 Å². The topological polar surface area (TPSA) is 83.9 Å². The molecule has 1 N–H and O–H groups in total. The van der Waals surface area contributed by atoms with Crippen molar-refractivity contribution in [3.8, 4) is 0 Å². The average Bonchev–Trinajstić information content (AvgIpc) is 2.65. The van der Waals surface area contributed by atoms with Crippen molar-refractivity contribution in [1.29, 1.82) is 0 Å². The van der Waals surface area contributed by atoms with Gasteiger partial charge in [0.1, 0.15) is 0 Å². The van der Waals surface area contributed by atoms with Gasteiger partial charge in [-0.15, -0.1) is 0 Å². The number of nitrogens with zero attached hydrogens (tertiary/aromatic N) is 1. The maximum Gasteiger partial charge on any atom is 0.304 e. The molecule has 0 aromatic carbocycles. The average molecular weight is 265 g/mol. The first-order valence-electron chi connectivity index (χ1n) is 5.76. The van der Waals surface area contributed by atoms with Gasteiger partial charge in [-0.2, -0.15) is 4.31 Å². The number of hydrogen-bond acceptors (Lipinski definition) is 4. The number of carbonyl (C=O) groups is 1. The van der Waals surface area contributed by atoms with Gasteiger partial charge in [0.05, 0.1) is 18.8 Å². The number of rotatable bonds is 7. The SMILES string of the molecule is CCOCCS(=O)(=O)N1CCCC1CC(=O)O. The van der Waals surface area contributed by atoms with E-state index in [0.29, 0.717) is 19.6 Å². The second-order valence-electron chi connectivity index (χ2n) is 4.02. The molecule has 1 aliphatic rings. The lowest BCUT2D eigenvalue weighted by molar-refractivity contribution is -0.137. The lowest BCUT2D eigenvalue weighted by atomic mass is 10.2. The molecule has 7 heteroatoms. The molecule has 1 unspecified atom stereocenters. The summed E-state index contributed by atoms with van der Waals surface area (Å²) in [6, 6.07) is -0.390. The monoisotopic (exact) mass is 265 g/mol. The minimum atomic E-state index is -3.38. The molecular formula is C10H19NO5S. The summed E-state index contributed by atoms with van der Waals surface area (Å²) < 4.78 is 30.2. The Bertz CT molecular complexity index is 354. The molecule has 17 heavy (non-hydrogen) atoms. The van der Waals surface area contributed by atoms with Crippen molar-refractivity contribution < 1.29 is 23.1 Å². The van der Waals surface area contributed by atoms with Crippen molar-refractivity contribution in [3.63, 3.8) is 0 Å². The molecule has 0 amide bonds. The van der Waals surface area contributed by atoms with E-state index in [9.17, 15) is 13.2 Å². The smallest absolute Gasteiger partial charge is 0.304 e. The van der Waals surface area contributed by atoms with Crippen LogP contribution in [0.15, 0.2) is 0 Å². The predicted molar refractivity (Wildman–Crippen MR) is 62.3 cm³/mol. The van der Waals surface area contributed by atoms with E-state index >= 15 is 0 Å². The number of carboxylic acids is 1. The van der Waals surface area contributed by atoms with E-state index in [-0.39, 0.29) is 24.8 Å². The molecule has 0 radical (unpaired) electrons. The van der Waals surface area contributed by atoms with Gasteiger partial charge < -0.3 is 9.84 Å². The Balaban J connectivity index is 2.59. The highest BCUT2D eigenvalue weighted by Gasteiger charge is 2.34. The molecule has 0 saturated carbocycles. The molecule has 0 aromatic rings. The minimum absolute atomic E-state index is 0.0725. The zero-order chi connectivity index (χ0) is 12.9. The standard InChI is InChI=1S/C10H19NO5S/c1-2-16-6-7-17(14,15)11-5-3-4-9(11)8-10(12)13/h9H,2-8H2,1H3,(H,12,13). The number of ether oxygens (including phenoxy) is 1. The Hall–Kier alpha value is -0.660. The van der Waals surface area contributed by atoms with Crippen LogP contribution in [-0.2, 0) is 19.6 Å². The van der Waals surface area contributed by atoms with Crippen LogP contribution in [0.1, 0.15) is 26.2 Å². The van der Waals surface area contributed by atoms with E-state index in [1.807, 2.05) is 0 Å². The zero-order valence-corrected chi connectivity index (χ0v) is 10.8. The van der Waals surface area contributed by atoms with Gasteiger partial charge in [-0.1, -0.05) is 0 Å². The summed E-state index contributed by atoms with van der Waals surface area (Å²) in [6.45, 7) is 2.87. The number of sulfonamides is 1. The molecule has 0 aromatic heterocycles. The van der Waals surface area contributed by atoms with E-state index in [0.717, 1.165) is 6.42 Å². The third-order valence-corrected chi connectivity index (χ3v) is 4.66. The first-order valence-corrected chi connectivity index (χ1v) is 7.37. The lowest BCUT2D eigenvalue weighted by Gasteiger charge is -2.22. The molecule has 6 nitrogen and oxygen atoms in total. The molecule has 1 aliphatic heterocycles. The quantitative estimate of drug-likeness (QED) is 0.669. The van der Waals surface area contributed by atoms with Crippen LogP contribution in [0.5, 0.6) is 0 Å². The summed E-state index contributed by atoms with van der Waals surface area (Å²) in [6.07, 6.45) is 1.24. The van der Waals surface area contributed by atoms with Crippen molar-refractivity contribution in [2.24, 2.45) is 0 Å². The van der Waals surface area contributed by atoms with Crippen LogP contribution in [0.4, 0.5) is 0 Å². The summed E-state index contributed by atoms with van der Waals surface area (Å²) in [5.41, 5.74) is 0. The highest BCUT2D eigenvalue weighted by molar-refractivity contribution is 7.89. The molecule has 0 spiro atoms. The normalized spacial score (nSPS) is 21.8. The number of aliphatic carboxylic acids is 1. The fraction of sp³-hybridized carbons (Fsp3) is 0.900. The van der Waals surface area contributed by atoms with Gasteiger partial charge in [-0.05, 0) is 19.8 Å². The predicted octanol–water partition coefficient (Wildman–Crippen LogP) is 0.292. The second-order valence-corrected chi connectivity index (χ2v) is 6.06. The molecular weight excluding hydrogens is 246 g/mol. The molecule has 1 atom stereocenters. The summed E-state index contributed by atoms with van der Waals surface area (Å²) in [7, 11) is -3.38. The van der Waals surface area contributed by atoms with Crippen LogP contribution in [0.25, 0.3) is 0 Å². The third kappa shape index (κ3) is 4.25. The molecule has 0 aliphatic carbocycles. The fourth-order valence-electron chi connectivity index (χ4n) is 2.01. The molecule has 1 fully saturated rings. The summed E-state index contributed by atoms with van der Waals surface area (Å²) in [4.78, 5) is 10.6. The minimum Gasteiger partial charge on any atom is -0.481 e. The maximum atomic E-state index is 12.0. The van der Waals surface area contributed by atoms with E-state index in [2.05, 4.69) is 0 Å². The Morgan fingerprint density at radius 2 is 2.24 bits per heavy atom. The van der Waals surface area contributed by atoms with Crippen molar-refractivity contribution in [2.75, 3.05) is 25.5 Å². The van der Waals surface area contributed by atoms with Gasteiger partial charge in [0, 0.05) is 19.2 Å². The van der Waals surface area contributed by atoms with E-state index in [1.54, 1.807) is 6.92 Å². The number of carboxylic acid groups (broad SMARTS) is 1. The largest absolute Gasteiger partial charge is 0.481 e. The van der Waals surface area contributed by atoms with Gasteiger partial charge in [0.2, 0.25) is 10.0 Å². The zero-order valence-electron chi connectivity index (χ0n) is 9.96. The van der Waals surface area contributed by atoms with Crippen LogP contribution in [0.2, 0.25) is 0 Å². The van der Waals surface area contributed by atoms with Crippen LogP contribution in [0, 0.1) is 0 Å². The second kappa shape index (κ2) is 6.32. The highest BCUT2D eigenvalue weighted by atomic mass is 32.2. The Kier molecular flexibility index (Phi) is 5.35. The summed E-state index contributed by atoms with van der Waals surface area (Å²) in [5.74, 6) is -1.03. The lowest BCUT2D eigenvalue weighted by Crippen LogP contribution is -2.39. The summed E-state index contributed by atoms with van der Waals surface area (Å²) >= 11 is 0. The van der Waals surface area contributed by atoms with E-state index < -0.39 is 16.0 Å².